The number of hydrogen-bond donors (Lipinski definition) is 1. The van der Waals surface area contributed by atoms with Crippen molar-refractivity contribution in [2.75, 3.05) is 0 Å². The van der Waals surface area contributed by atoms with Gasteiger partial charge in [0.2, 0.25) is 0 Å². The fourth-order valence-electron chi connectivity index (χ4n) is 1.40. The van der Waals surface area contributed by atoms with Crippen LogP contribution in [0.4, 0.5) is 0 Å². The van der Waals surface area contributed by atoms with Gasteiger partial charge in [-0.2, -0.15) is 0 Å². The third-order valence-electron chi connectivity index (χ3n) is 2.49. The Hall–Kier alpha value is -0.820. The van der Waals surface area contributed by atoms with Gasteiger partial charge in [0.1, 0.15) is 0 Å². The molecule has 0 bridgehead atoms. The van der Waals surface area contributed by atoms with Gasteiger partial charge in [-0.1, -0.05) is 31.2 Å². The predicted molar refractivity (Wildman–Crippen MR) is 53.0 cm³/mol. The summed E-state index contributed by atoms with van der Waals surface area (Å²) in [7, 11) is 0. The molecule has 1 heteroatoms. The van der Waals surface area contributed by atoms with E-state index in [0.717, 1.165) is 6.42 Å². The van der Waals surface area contributed by atoms with Crippen LogP contribution in [-0.4, -0.2) is 0 Å². The lowest BCUT2D eigenvalue weighted by Gasteiger charge is -2.25. The molecule has 12 heavy (non-hydrogen) atoms. The molecule has 0 saturated carbocycles. The van der Waals surface area contributed by atoms with Gasteiger partial charge in [0.05, 0.1) is 0 Å². The molecule has 1 aromatic carbocycles. The van der Waals surface area contributed by atoms with Crippen LogP contribution in [0.3, 0.4) is 0 Å². The van der Waals surface area contributed by atoms with Gasteiger partial charge in [0.15, 0.2) is 0 Å². The molecule has 1 unspecified atom stereocenters. The molecule has 0 radical (unpaired) electrons. The minimum atomic E-state index is -0.175. The molecule has 1 nitrogen and oxygen atoms in total. The maximum atomic E-state index is 6.14. The van der Waals surface area contributed by atoms with Crippen LogP contribution in [0.2, 0.25) is 0 Å². The Bertz CT molecular complexity index is 263. The Morgan fingerprint density at radius 2 is 1.92 bits per heavy atom. The second-order valence-corrected chi connectivity index (χ2v) is 3.59. The molecule has 1 atom stereocenters. The second-order valence-electron chi connectivity index (χ2n) is 3.59. The Balaban J connectivity index is 3.10. The largest absolute Gasteiger partial charge is 0.322 e. The topological polar surface area (TPSA) is 26.0 Å². The van der Waals surface area contributed by atoms with Crippen LogP contribution in [0, 0.1) is 6.92 Å². The van der Waals surface area contributed by atoms with E-state index in [4.69, 9.17) is 5.73 Å². The van der Waals surface area contributed by atoms with Crippen molar-refractivity contribution in [3.05, 3.63) is 35.4 Å². The van der Waals surface area contributed by atoms with Gasteiger partial charge in [-0.25, -0.2) is 0 Å². The van der Waals surface area contributed by atoms with Crippen molar-refractivity contribution >= 4 is 0 Å². The van der Waals surface area contributed by atoms with E-state index in [1.54, 1.807) is 0 Å². The van der Waals surface area contributed by atoms with E-state index in [9.17, 15) is 0 Å². The first-order valence-electron chi connectivity index (χ1n) is 4.43. The lowest BCUT2D eigenvalue weighted by Crippen LogP contribution is -2.32. The Kier molecular flexibility index (Phi) is 2.53. The summed E-state index contributed by atoms with van der Waals surface area (Å²) in [6.07, 6.45) is 0.970. The molecule has 1 rings (SSSR count). The maximum Gasteiger partial charge on any atom is 0.0381 e. The van der Waals surface area contributed by atoms with Crippen LogP contribution >= 0.6 is 0 Å². The molecule has 0 aliphatic carbocycles. The van der Waals surface area contributed by atoms with Crippen molar-refractivity contribution in [2.45, 2.75) is 32.7 Å². The van der Waals surface area contributed by atoms with Crippen LogP contribution in [0.1, 0.15) is 31.4 Å². The number of hydrogen-bond acceptors (Lipinski definition) is 1. The van der Waals surface area contributed by atoms with Gasteiger partial charge in [-0.15, -0.1) is 0 Å². The first-order valence-corrected chi connectivity index (χ1v) is 4.43. The summed E-state index contributed by atoms with van der Waals surface area (Å²) in [4.78, 5) is 0. The van der Waals surface area contributed by atoms with E-state index in [2.05, 4.69) is 32.9 Å². The normalized spacial score (nSPS) is 15.7. The first-order chi connectivity index (χ1) is 5.58. The van der Waals surface area contributed by atoms with E-state index in [-0.39, 0.29) is 5.54 Å². The van der Waals surface area contributed by atoms with Gasteiger partial charge in [-0.3, -0.25) is 0 Å². The SMILES string of the molecule is CCC(C)(N)c1ccccc1C. The monoisotopic (exact) mass is 163 g/mol. The van der Waals surface area contributed by atoms with Crippen molar-refractivity contribution in [1.82, 2.24) is 0 Å². The van der Waals surface area contributed by atoms with Crippen LogP contribution in [0.5, 0.6) is 0 Å². The fourth-order valence-corrected chi connectivity index (χ4v) is 1.40. The molecule has 0 heterocycles. The van der Waals surface area contributed by atoms with Crippen molar-refractivity contribution in [3.8, 4) is 0 Å². The minimum Gasteiger partial charge on any atom is -0.322 e. The number of benzene rings is 1. The average molecular weight is 163 g/mol. The molecule has 66 valence electrons. The average Bonchev–Trinajstić information content (AvgIpc) is 2.05. The molecule has 0 amide bonds. The van der Waals surface area contributed by atoms with E-state index < -0.39 is 0 Å². The zero-order valence-electron chi connectivity index (χ0n) is 8.09. The summed E-state index contributed by atoms with van der Waals surface area (Å²) in [6.45, 7) is 6.30. The fraction of sp³-hybridized carbons (Fsp3) is 0.455. The Morgan fingerprint density at radius 1 is 1.33 bits per heavy atom. The van der Waals surface area contributed by atoms with Crippen LogP contribution in [0.15, 0.2) is 24.3 Å². The third-order valence-corrected chi connectivity index (χ3v) is 2.49. The highest BCUT2D eigenvalue weighted by atomic mass is 14.7. The quantitative estimate of drug-likeness (QED) is 0.712. The lowest BCUT2D eigenvalue weighted by molar-refractivity contribution is 0.474. The highest BCUT2D eigenvalue weighted by Crippen LogP contribution is 2.23. The van der Waals surface area contributed by atoms with Crippen molar-refractivity contribution in [3.63, 3.8) is 0 Å². The van der Waals surface area contributed by atoms with E-state index in [1.165, 1.54) is 11.1 Å². The zero-order valence-corrected chi connectivity index (χ0v) is 8.09. The molecular formula is C11H17N. The van der Waals surface area contributed by atoms with E-state index in [1.807, 2.05) is 12.1 Å². The van der Waals surface area contributed by atoms with Crippen LogP contribution in [-0.2, 0) is 5.54 Å². The summed E-state index contributed by atoms with van der Waals surface area (Å²) < 4.78 is 0. The van der Waals surface area contributed by atoms with Gasteiger partial charge in [0.25, 0.3) is 0 Å². The summed E-state index contributed by atoms with van der Waals surface area (Å²) in [6, 6.07) is 8.31. The number of aryl methyl sites for hydroxylation is 1. The first kappa shape index (κ1) is 9.27. The highest BCUT2D eigenvalue weighted by Gasteiger charge is 2.19. The van der Waals surface area contributed by atoms with E-state index >= 15 is 0 Å². The molecule has 0 aliphatic heterocycles. The van der Waals surface area contributed by atoms with Gasteiger partial charge in [0, 0.05) is 5.54 Å². The van der Waals surface area contributed by atoms with Gasteiger partial charge >= 0.3 is 0 Å². The lowest BCUT2D eigenvalue weighted by atomic mass is 9.87. The smallest absolute Gasteiger partial charge is 0.0381 e. The van der Waals surface area contributed by atoms with E-state index in [0.29, 0.717) is 0 Å². The summed E-state index contributed by atoms with van der Waals surface area (Å²) in [5.74, 6) is 0. The van der Waals surface area contributed by atoms with Gasteiger partial charge < -0.3 is 5.73 Å². The summed E-state index contributed by atoms with van der Waals surface area (Å²) >= 11 is 0. The summed E-state index contributed by atoms with van der Waals surface area (Å²) in [5, 5.41) is 0. The predicted octanol–water partition coefficient (Wildman–Crippen LogP) is 2.58. The molecular weight excluding hydrogens is 146 g/mol. The maximum absolute atomic E-state index is 6.14. The Morgan fingerprint density at radius 3 is 2.42 bits per heavy atom. The molecule has 0 aliphatic rings. The van der Waals surface area contributed by atoms with Crippen LogP contribution < -0.4 is 5.73 Å². The standard InChI is InChI=1S/C11H17N/c1-4-11(3,12)10-8-6-5-7-9(10)2/h5-8H,4,12H2,1-3H3. The molecule has 0 fully saturated rings. The molecule has 0 spiro atoms. The molecule has 1 aromatic rings. The third kappa shape index (κ3) is 1.67. The van der Waals surface area contributed by atoms with Crippen molar-refractivity contribution < 1.29 is 0 Å². The van der Waals surface area contributed by atoms with Crippen molar-refractivity contribution in [2.24, 2.45) is 5.73 Å². The zero-order chi connectivity index (χ0) is 9.19. The molecule has 0 aromatic heterocycles. The highest BCUT2D eigenvalue weighted by molar-refractivity contribution is 5.31. The summed E-state index contributed by atoms with van der Waals surface area (Å²) in [5.41, 5.74) is 8.50. The van der Waals surface area contributed by atoms with Crippen LogP contribution in [0.25, 0.3) is 0 Å². The number of nitrogens with two attached hydrogens (primary N) is 1. The minimum absolute atomic E-state index is 0.175. The van der Waals surface area contributed by atoms with Crippen molar-refractivity contribution in [1.29, 1.82) is 0 Å². The molecule has 0 saturated heterocycles. The van der Waals surface area contributed by atoms with Gasteiger partial charge in [-0.05, 0) is 31.4 Å². The number of rotatable bonds is 2. The molecule has 2 N–H and O–H groups in total. The second kappa shape index (κ2) is 3.28. The Labute approximate surface area is 74.6 Å².